The van der Waals surface area contributed by atoms with Crippen molar-refractivity contribution in [3.05, 3.63) is 94.4 Å². The molecule has 2 aromatic carbocycles. The van der Waals surface area contributed by atoms with Crippen LogP contribution in [-0.4, -0.2) is 28.3 Å². The molecule has 1 aliphatic rings. The summed E-state index contributed by atoms with van der Waals surface area (Å²) in [5.74, 6) is -0.595. The number of furan rings is 1. The molecule has 6 nitrogen and oxygen atoms in total. The summed E-state index contributed by atoms with van der Waals surface area (Å²) >= 11 is 5.95. The first-order valence-electron chi connectivity index (χ1n) is 9.79. The van der Waals surface area contributed by atoms with Crippen molar-refractivity contribution in [1.82, 2.24) is 4.90 Å². The molecule has 31 heavy (non-hydrogen) atoms. The Hall–Kier alpha value is -3.51. The summed E-state index contributed by atoms with van der Waals surface area (Å²) in [6.07, 6.45) is 1.50. The molecule has 7 heteroatoms. The van der Waals surface area contributed by atoms with Crippen LogP contribution in [0.15, 0.2) is 76.9 Å². The lowest BCUT2D eigenvalue weighted by molar-refractivity contribution is -0.140. The normalized spacial score (nSPS) is 17.9. The fraction of sp³-hybridized carbons (Fsp3) is 0.167. The molecule has 1 unspecified atom stereocenters. The number of Topliss-reactive ketones (excluding diaryl/α,β-unsaturated/α-hetero) is 1. The van der Waals surface area contributed by atoms with Gasteiger partial charge in [0.1, 0.15) is 17.3 Å². The lowest BCUT2D eigenvalue weighted by Crippen LogP contribution is -2.29. The van der Waals surface area contributed by atoms with Gasteiger partial charge < -0.3 is 19.2 Å². The number of halogens is 1. The molecular formula is C24H20ClNO5. The minimum atomic E-state index is -0.804. The number of aliphatic hydroxyl groups excluding tert-OH is 1. The fourth-order valence-corrected chi connectivity index (χ4v) is 3.79. The third-order valence-electron chi connectivity index (χ3n) is 5.05. The highest BCUT2D eigenvalue weighted by Gasteiger charge is 2.46. The molecule has 1 atom stereocenters. The van der Waals surface area contributed by atoms with Crippen LogP contribution in [0.25, 0.3) is 5.76 Å². The number of carbonyl (C=O) groups is 2. The van der Waals surface area contributed by atoms with Crippen molar-refractivity contribution in [3.8, 4) is 5.75 Å². The van der Waals surface area contributed by atoms with E-state index in [9.17, 15) is 14.7 Å². The average molecular weight is 438 g/mol. The van der Waals surface area contributed by atoms with Gasteiger partial charge in [0, 0.05) is 10.6 Å². The number of benzene rings is 2. The molecule has 2 heterocycles. The van der Waals surface area contributed by atoms with E-state index in [1.807, 2.05) is 6.92 Å². The molecule has 1 saturated heterocycles. The highest BCUT2D eigenvalue weighted by Crippen LogP contribution is 2.41. The smallest absolute Gasteiger partial charge is 0.296 e. The van der Waals surface area contributed by atoms with Gasteiger partial charge in [0.05, 0.1) is 31.0 Å². The van der Waals surface area contributed by atoms with E-state index >= 15 is 0 Å². The zero-order chi connectivity index (χ0) is 22.0. The summed E-state index contributed by atoms with van der Waals surface area (Å²) in [6, 6.07) is 16.2. The van der Waals surface area contributed by atoms with Crippen molar-refractivity contribution >= 4 is 29.1 Å². The summed E-state index contributed by atoms with van der Waals surface area (Å²) in [5.41, 5.74) is 1.05. The van der Waals surface area contributed by atoms with Gasteiger partial charge >= 0.3 is 0 Å². The zero-order valence-corrected chi connectivity index (χ0v) is 17.5. The van der Waals surface area contributed by atoms with Crippen LogP contribution >= 0.6 is 11.6 Å². The van der Waals surface area contributed by atoms with Gasteiger partial charge in [0.15, 0.2) is 0 Å². The van der Waals surface area contributed by atoms with Gasteiger partial charge in [-0.05, 0) is 61.0 Å². The maximum absolute atomic E-state index is 13.0. The number of rotatable bonds is 6. The number of nitrogens with zero attached hydrogens (tertiary/aromatic N) is 1. The fourth-order valence-electron chi connectivity index (χ4n) is 3.66. The number of hydrogen-bond donors (Lipinski definition) is 1. The van der Waals surface area contributed by atoms with E-state index in [1.54, 1.807) is 60.7 Å². The number of likely N-dealkylation sites (tertiary alicyclic amines) is 1. The average Bonchev–Trinajstić information content (AvgIpc) is 3.37. The van der Waals surface area contributed by atoms with Crippen molar-refractivity contribution in [1.29, 1.82) is 0 Å². The molecule has 1 aliphatic heterocycles. The Morgan fingerprint density at radius 1 is 1.13 bits per heavy atom. The van der Waals surface area contributed by atoms with Crippen LogP contribution in [-0.2, 0) is 16.1 Å². The van der Waals surface area contributed by atoms with Gasteiger partial charge in [-0.1, -0.05) is 23.7 Å². The van der Waals surface area contributed by atoms with Gasteiger partial charge in [0.25, 0.3) is 11.7 Å². The molecule has 4 rings (SSSR count). The topological polar surface area (TPSA) is 80.0 Å². The van der Waals surface area contributed by atoms with Crippen LogP contribution in [0, 0.1) is 0 Å². The maximum Gasteiger partial charge on any atom is 0.296 e. The lowest BCUT2D eigenvalue weighted by Gasteiger charge is -2.25. The number of hydrogen-bond acceptors (Lipinski definition) is 5. The van der Waals surface area contributed by atoms with Crippen molar-refractivity contribution < 1.29 is 23.8 Å². The highest BCUT2D eigenvalue weighted by molar-refractivity contribution is 6.46. The Kier molecular flexibility index (Phi) is 5.82. The molecule has 1 fully saturated rings. The molecule has 0 bridgehead atoms. The number of amides is 1. The third kappa shape index (κ3) is 4.07. The molecule has 0 aliphatic carbocycles. The maximum atomic E-state index is 13.0. The van der Waals surface area contributed by atoms with Gasteiger partial charge in [0.2, 0.25) is 0 Å². The van der Waals surface area contributed by atoms with Crippen LogP contribution in [0.3, 0.4) is 0 Å². The van der Waals surface area contributed by atoms with E-state index in [1.165, 1.54) is 11.2 Å². The van der Waals surface area contributed by atoms with E-state index in [0.29, 0.717) is 34.3 Å². The SMILES string of the molecule is CCOc1cccc(C2/C(=C(/O)c3ccc(Cl)cc3)C(=O)C(=O)N2Cc2ccco2)c1. The van der Waals surface area contributed by atoms with Gasteiger partial charge in [-0.2, -0.15) is 0 Å². The summed E-state index contributed by atoms with van der Waals surface area (Å²) in [7, 11) is 0. The summed E-state index contributed by atoms with van der Waals surface area (Å²) in [4.78, 5) is 27.4. The first-order valence-corrected chi connectivity index (χ1v) is 10.2. The van der Waals surface area contributed by atoms with E-state index in [2.05, 4.69) is 0 Å². The van der Waals surface area contributed by atoms with Crippen molar-refractivity contribution in [2.75, 3.05) is 6.61 Å². The summed E-state index contributed by atoms with van der Waals surface area (Å²) in [5, 5.41) is 11.5. The van der Waals surface area contributed by atoms with Crippen molar-refractivity contribution in [2.45, 2.75) is 19.5 Å². The Bertz CT molecular complexity index is 1140. The minimum absolute atomic E-state index is 0.00697. The van der Waals surface area contributed by atoms with E-state index in [0.717, 1.165) is 0 Å². The van der Waals surface area contributed by atoms with Crippen LogP contribution in [0.5, 0.6) is 5.75 Å². The van der Waals surface area contributed by atoms with E-state index in [4.69, 9.17) is 20.8 Å². The Morgan fingerprint density at radius 2 is 1.90 bits per heavy atom. The second-order valence-corrected chi connectivity index (χ2v) is 7.46. The molecule has 0 spiro atoms. The number of carbonyl (C=O) groups excluding carboxylic acids is 2. The molecule has 158 valence electrons. The predicted molar refractivity (Wildman–Crippen MR) is 116 cm³/mol. The Morgan fingerprint density at radius 3 is 2.58 bits per heavy atom. The quantitative estimate of drug-likeness (QED) is 0.335. The third-order valence-corrected chi connectivity index (χ3v) is 5.30. The first-order chi connectivity index (χ1) is 15.0. The first kappa shape index (κ1) is 20.8. The highest BCUT2D eigenvalue weighted by atomic mass is 35.5. The standard InChI is InChI=1S/C24H20ClNO5/c1-2-30-18-6-3-5-16(13-18)21-20(22(27)15-8-10-17(25)11-9-15)23(28)24(29)26(21)14-19-7-4-12-31-19/h3-13,21,27H,2,14H2,1H3/b22-20-. The predicted octanol–water partition coefficient (Wildman–Crippen LogP) is 4.95. The largest absolute Gasteiger partial charge is 0.507 e. The van der Waals surface area contributed by atoms with Crippen LogP contribution < -0.4 is 4.74 Å². The van der Waals surface area contributed by atoms with Crippen molar-refractivity contribution in [3.63, 3.8) is 0 Å². The van der Waals surface area contributed by atoms with Gasteiger partial charge in [-0.25, -0.2) is 0 Å². The molecule has 1 aromatic heterocycles. The van der Waals surface area contributed by atoms with E-state index in [-0.39, 0.29) is 17.9 Å². The molecular weight excluding hydrogens is 418 g/mol. The number of ether oxygens (including phenoxy) is 1. The molecule has 0 radical (unpaired) electrons. The van der Waals surface area contributed by atoms with Crippen molar-refractivity contribution in [2.24, 2.45) is 0 Å². The summed E-state index contributed by atoms with van der Waals surface area (Å²) < 4.78 is 11.0. The molecule has 1 N–H and O–H groups in total. The minimum Gasteiger partial charge on any atom is -0.507 e. The molecule has 3 aromatic rings. The zero-order valence-electron chi connectivity index (χ0n) is 16.7. The second kappa shape index (κ2) is 8.70. The number of aliphatic hydroxyl groups is 1. The Labute approximate surface area is 184 Å². The van der Waals surface area contributed by atoms with Crippen LogP contribution in [0.2, 0.25) is 5.02 Å². The van der Waals surface area contributed by atoms with E-state index < -0.39 is 17.7 Å². The lowest BCUT2D eigenvalue weighted by atomic mass is 9.95. The van der Waals surface area contributed by atoms with Crippen LogP contribution in [0.1, 0.15) is 29.9 Å². The molecule has 0 saturated carbocycles. The number of ketones is 1. The second-order valence-electron chi connectivity index (χ2n) is 7.02. The van der Waals surface area contributed by atoms with Gasteiger partial charge in [-0.15, -0.1) is 0 Å². The van der Waals surface area contributed by atoms with Gasteiger partial charge in [-0.3, -0.25) is 9.59 Å². The summed E-state index contributed by atoms with van der Waals surface area (Å²) in [6.45, 7) is 2.43. The molecule has 1 amide bonds. The van der Waals surface area contributed by atoms with Crippen LogP contribution in [0.4, 0.5) is 0 Å². The Balaban J connectivity index is 1.86. The monoisotopic (exact) mass is 437 g/mol.